The third kappa shape index (κ3) is 8.31. The Hall–Kier alpha value is 0.310. The first-order valence-corrected chi connectivity index (χ1v) is 4.03. The Morgan fingerprint density at radius 3 is 2.56 bits per heavy atom. The van der Waals surface area contributed by atoms with Crippen molar-refractivity contribution >= 4 is 12.6 Å². The molecule has 0 amide bonds. The van der Waals surface area contributed by atoms with Gasteiger partial charge in [-0.05, 0) is 6.42 Å². The van der Waals surface area contributed by atoms with E-state index in [-0.39, 0.29) is 0 Å². The van der Waals surface area contributed by atoms with Crippen LogP contribution < -0.4 is 0 Å². The van der Waals surface area contributed by atoms with Gasteiger partial charge in [0.2, 0.25) is 0 Å². The van der Waals surface area contributed by atoms with Crippen LogP contribution in [0.15, 0.2) is 0 Å². The molecule has 0 aliphatic carbocycles. The van der Waals surface area contributed by atoms with Gasteiger partial charge in [0.25, 0.3) is 0 Å². The van der Waals surface area contributed by atoms with Crippen molar-refractivity contribution < 1.29 is 4.74 Å². The summed E-state index contributed by atoms with van der Waals surface area (Å²) in [4.78, 5) is 0. The number of thiol groups is 1. The number of ether oxygens (including phenoxy) is 1. The minimum Gasteiger partial charge on any atom is -0.371 e. The van der Waals surface area contributed by atoms with E-state index in [1.807, 2.05) is 0 Å². The van der Waals surface area contributed by atoms with Gasteiger partial charge < -0.3 is 4.74 Å². The molecule has 9 heavy (non-hydrogen) atoms. The van der Waals surface area contributed by atoms with E-state index < -0.39 is 0 Å². The highest BCUT2D eigenvalue weighted by molar-refractivity contribution is 7.80. The van der Waals surface area contributed by atoms with E-state index in [9.17, 15) is 0 Å². The van der Waals surface area contributed by atoms with Gasteiger partial charge in [0, 0.05) is 6.61 Å². The normalized spacial score (nSPS) is 10.0. The standard InChI is InChI=1S/C7H15OS/c1-2-3-4-5-6-8-7-9/h9H,1-7H2. The first-order chi connectivity index (χ1) is 4.41. The fourth-order valence-electron chi connectivity index (χ4n) is 0.622. The summed E-state index contributed by atoms with van der Waals surface area (Å²) >= 11 is 3.91. The fraction of sp³-hybridized carbons (Fsp3) is 0.857. The summed E-state index contributed by atoms with van der Waals surface area (Å²) in [6, 6.07) is 0. The molecular weight excluding hydrogens is 132 g/mol. The molecule has 0 fully saturated rings. The molecule has 0 aromatic carbocycles. The van der Waals surface area contributed by atoms with Crippen LogP contribution in [0.2, 0.25) is 0 Å². The largest absolute Gasteiger partial charge is 0.371 e. The van der Waals surface area contributed by atoms with Crippen LogP contribution >= 0.6 is 12.6 Å². The summed E-state index contributed by atoms with van der Waals surface area (Å²) in [7, 11) is 0. The zero-order valence-corrected chi connectivity index (χ0v) is 6.70. The van der Waals surface area contributed by atoms with Crippen molar-refractivity contribution in [1.29, 1.82) is 0 Å². The van der Waals surface area contributed by atoms with E-state index in [0.717, 1.165) is 19.4 Å². The fourth-order valence-corrected chi connectivity index (χ4v) is 0.751. The second-order valence-corrected chi connectivity index (χ2v) is 2.21. The average Bonchev–Trinajstić information content (AvgIpc) is 1.89. The van der Waals surface area contributed by atoms with Gasteiger partial charge in [-0.15, -0.1) is 0 Å². The molecule has 0 aromatic rings. The van der Waals surface area contributed by atoms with E-state index in [0.29, 0.717) is 5.94 Å². The van der Waals surface area contributed by atoms with Gasteiger partial charge in [0.05, 0.1) is 5.94 Å². The monoisotopic (exact) mass is 147 g/mol. The van der Waals surface area contributed by atoms with E-state index in [2.05, 4.69) is 19.6 Å². The van der Waals surface area contributed by atoms with Crippen LogP contribution in [0.3, 0.4) is 0 Å². The lowest BCUT2D eigenvalue weighted by Crippen LogP contribution is -1.90. The summed E-state index contributed by atoms with van der Waals surface area (Å²) in [6.45, 7) is 4.60. The van der Waals surface area contributed by atoms with E-state index >= 15 is 0 Å². The van der Waals surface area contributed by atoms with Crippen molar-refractivity contribution in [3.05, 3.63) is 6.92 Å². The van der Waals surface area contributed by atoms with Crippen molar-refractivity contribution in [3.8, 4) is 0 Å². The number of unbranched alkanes of at least 4 members (excludes halogenated alkanes) is 3. The molecule has 1 radical (unpaired) electrons. The van der Waals surface area contributed by atoms with Gasteiger partial charge in [0.15, 0.2) is 0 Å². The summed E-state index contributed by atoms with van der Waals surface area (Å²) in [5.41, 5.74) is 0. The predicted molar refractivity (Wildman–Crippen MR) is 43.6 cm³/mol. The molecule has 0 heterocycles. The van der Waals surface area contributed by atoms with Crippen LogP contribution in [0, 0.1) is 6.92 Å². The molecular formula is C7H15OS. The molecule has 2 heteroatoms. The van der Waals surface area contributed by atoms with Crippen LogP contribution in [0.25, 0.3) is 0 Å². The lowest BCUT2D eigenvalue weighted by molar-refractivity contribution is 0.178. The van der Waals surface area contributed by atoms with Gasteiger partial charge in [-0.3, -0.25) is 0 Å². The molecule has 55 valence electrons. The van der Waals surface area contributed by atoms with Gasteiger partial charge >= 0.3 is 0 Å². The highest BCUT2D eigenvalue weighted by Crippen LogP contribution is 1.98. The zero-order valence-electron chi connectivity index (χ0n) is 5.81. The van der Waals surface area contributed by atoms with E-state index in [4.69, 9.17) is 4.74 Å². The Labute approximate surface area is 63.2 Å². The first-order valence-electron chi connectivity index (χ1n) is 3.39. The Morgan fingerprint density at radius 2 is 2.00 bits per heavy atom. The van der Waals surface area contributed by atoms with E-state index in [1.165, 1.54) is 12.8 Å². The van der Waals surface area contributed by atoms with Crippen molar-refractivity contribution in [2.45, 2.75) is 25.7 Å². The third-order valence-electron chi connectivity index (χ3n) is 1.13. The molecule has 0 aliphatic heterocycles. The Balaban J connectivity index is 2.60. The molecule has 0 saturated carbocycles. The van der Waals surface area contributed by atoms with Crippen molar-refractivity contribution in [1.82, 2.24) is 0 Å². The third-order valence-corrected chi connectivity index (χ3v) is 1.31. The Kier molecular flexibility index (Phi) is 8.60. The van der Waals surface area contributed by atoms with Crippen LogP contribution in [-0.4, -0.2) is 12.5 Å². The van der Waals surface area contributed by atoms with E-state index in [1.54, 1.807) is 0 Å². The zero-order chi connectivity index (χ0) is 6.95. The number of hydrogen-bond acceptors (Lipinski definition) is 2. The molecule has 1 nitrogen and oxygen atoms in total. The molecule has 0 bridgehead atoms. The lowest BCUT2D eigenvalue weighted by atomic mass is 10.2. The van der Waals surface area contributed by atoms with Gasteiger partial charge in [0.1, 0.15) is 0 Å². The predicted octanol–water partition coefficient (Wildman–Crippen LogP) is 2.28. The summed E-state index contributed by atoms with van der Waals surface area (Å²) in [5, 5.41) is 0. The first kappa shape index (κ1) is 9.31. The second kappa shape index (κ2) is 8.31. The molecule has 0 aromatic heterocycles. The molecule has 0 aliphatic rings. The highest BCUT2D eigenvalue weighted by Gasteiger charge is 1.85. The highest BCUT2D eigenvalue weighted by atomic mass is 32.1. The lowest BCUT2D eigenvalue weighted by Gasteiger charge is -1.97. The average molecular weight is 147 g/mol. The minimum atomic E-state index is 0.546. The molecule has 0 N–H and O–H groups in total. The minimum absolute atomic E-state index is 0.546. The molecule has 0 saturated heterocycles. The molecule has 0 unspecified atom stereocenters. The van der Waals surface area contributed by atoms with Crippen LogP contribution in [-0.2, 0) is 4.74 Å². The Morgan fingerprint density at radius 1 is 1.22 bits per heavy atom. The topological polar surface area (TPSA) is 9.23 Å². The summed E-state index contributed by atoms with van der Waals surface area (Å²) in [5.74, 6) is 0.546. The van der Waals surface area contributed by atoms with Crippen LogP contribution in [0.5, 0.6) is 0 Å². The maximum atomic E-state index is 5.02. The van der Waals surface area contributed by atoms with Gasteiger partial charge in [-0.2, -0.15) is 12.6 Å². The molecule has 0 spiro atoms. The summed E-state index contributed by atoms with van der Waals surface area (Å²) in [6.07, 6.45) is 4.64. The van der Waals surface area contributed by atoms with Crippen LogP contribution in [0.1, 0.15) is 25.7 Å². The maximum Gasteiger partial charge on any atom is 0.0892 e. The smallest absolute Gasteiger partial charge is 0.0892 e. The van der Waals surface area contributed by atoms with Crippen LogP contribution in [0.4, 0.5) is 0 Å². The Bertz CT molecular complexity index is 42.2. The quantitative estimate of drug-likeness (QED) is 0.344. The summed E-state index contributed by atoms with van der Waals surface area (Å²) < 4.78 is 5.02. The van der Waals surface area contributed by atoms with Crippen molar-refractivity contribution in [2.75, 3.05) is 12.5 Å². The number of hydrogen-bond donors (Lipinski definition) is 1. The maximum absolute atomic E-state index is 5.02. The molecule has 0 atom stereocenters. The number of rotatable bonds is 6. The van der Waals surface area contributed by atoms with Gasteiger partial charge in [-0.1, -0.05) is 26.2 Å². The molecule has 0 rings (SSSR count). The van der Waals surface area contributed by atoms with Crippen molar-refractivity contribution in [3.63, 3.8) is 0 Å². The van der Waals surface area contributed by atoms with Gasteiger partial charge in [-0.25, -0.2) is 0 Å². The second-order valence-electron chi connectivity index (χ2n) is 1.95. The SMILES string of the molecule is [CH2]CCCCCOCS. The van der Waals surface area contributed by atoms with Crippen molar-refractivity contribution in [2.24, 2.45) is 0 Å².